The predicted octanol–water partition coefficient (Wildman–Crippen LogP) is 1.83. The summed E-state index contributed by atoms with van der Waals surface area (Å²) >= 11 is 0. The maximum atomic E-state index is 12.5. The highest BCUT2D eigenvalue weighted by atomic mass is 32.2. The molecule has 6 nitrogen and oxygen atoms in total. The molecule has 3 rings (SSSR count). The van der Waals surface area contributed by atoms with Crippen LogP contribution in [-0.2, 0) is 21.2 Å². The molecule has 0 atom stereocenters. The van der Waals surface area contributed by atoms with Crippen LogP contribution < -0.4 is 0 Å². The molecule has 7 heteroatoms. The minimum Gasteiger partial charge on any atom is -0.341 e. The number of likely N-dealkylation sites (tertiary alicyclic amines) is 1. The minimum absolute atomic E-state index is 0.0446. The van der Waals surface area contributed by atoms with E-state index in [0.29, 0.717) is 25.9 Å². The first-order valence-electron chi connectivity index (χ1n) is 8.01. The summed E-state index contributed by atoms with van der Waals surface area (Å²) in [4.78, 5) is 18.6. The monoisotopic (exact) mass is 347 g/mol. The van der Waals surface area contributed by atoms with Gasteiger partial charge in [-0.15, -0.1) is 0 Å². The van der Waals surface area contributed by atoms with Gasteiger partial charge in [-0.25, -0.2) is 13.4 Å². The summed E-state index contributed by atoms with van der Waals surface area (Å²) in [5.74, 6) is 0.277. The fourth-order valence-corrected chi connectivity index (χ4v) is 4.25. The number of benzene rings is 1. The van der Waals surface area contributed by atoms with E-state index in [1.54, 1.807) is 6.33 Å². The van der Waals surface area contributed by atoms with Gasteiger partial charge in [0.25, 0.3) is 0 Å². The molecular formula is C17H21N3O3S. The molecule has 1 aromatic heterocycles. The van der Waals surface area contributed by atoms with Gasteiger partial charge in [-0.1, -0.05) is 18.7 Å². The highest BCUT2D eigenvalue weighted by molar-refractivity contribution is 7.94. The number of carbonyl (C=O) groups excluding carboxylic acids is 1. The fourth-order valence-electron chi connectivity index (χ4n) is 3.13. The van der Waals surface area contributed by atoms with Crippen molar-refractivity contribution >= 4 is 26.8 Å². The molecule has 0 N–H and O–H groups in total. The largest absolute Gasteiger partial charge is 0.341 e. The summed E-state index contributed by atoms with van der Waals surface area (Å²) in [5.41, 5.74) is 1.82. The number of carbonyl (C=O) groups is 1. The Morgan fingerprint density at radius 3 is 2.71 bits per heavy atom. The van der Waals surface area contributed by atoms with E-state index in [-0.39, 0.29) is 24.1 Å². The van der Waals surface area contributed by atoms with Crippen molar-refractivity contribution in [3.8, 4) is 0 Å². The molecule has 0 bridgehead atoms. The van der Waals surface area contributed by atoms with Crippen molar-refractivity contribution in [3.05, 3.63) is 42.6 Å². The molecule has 1 amide bonds. The average Bonchev–Trinajstić information content (AvgIpc) is 2.98. The molecule has 0 spiro atoms. The van der Waals surface area contributed by atoms with Crippen molar-refractivity contribution in [1.82, 2.24) is 14.5 Å². The van der Waals surface area contributed by atoms with Crippen LogP contribution in [-0.4, -0.2) is 47.6 Å². The van der Waals surface area contributed by atoms with Crippen LogP contribution in [0.15, 0.2) is 42.6 Å². The van der Waals surface area contributed by atoms with Crippen LogP contribution in [0, 0.1) is 5.92 Å². The minimum atomic E-state index is -3.17. The number of hydrogen-bond donors (Lipinski definition) is 0. The predicted molar refractivity (Wildman–Crippen MR) is 93.0 cm³/mol. The molecular weight excluding hydrogens is 326 g/mol. The molecule has 0 aliphatic carbocycles. The lowest BCUT2D eigenvalue weighted by molar-refractivity contribution is -0.133. The number of piperidine rings is 1. The van der Waals surface area contributed by atoms with Crippen LogP contribution in [0.1, 0.15) is 12.8 Å². The zero-order chi connectivity index (χ0) is 17.2. The lowest BCUT2D eigenvalue weighted by Crippen LogP contribution is -2.41. The molecule has 1 fully saturated rings. The van der Waals surface area contributed by atoms with Crippen molar-refractivity contribution < 1.29 is 13.2 Å². The lowest BCUT2D eigenvalue weighted by Gasteiger charge is -2.31. The molecule has 0 unspecified atom stereocenters. The number of para-hydroxylation sites is 2. The van der Waals surface area contributed by atoms with Crippen molar-refractivity contribution in [2.75, 3.05) is 18.8 Å². The van der Waals surface area contributed by atoms with Gasteiger partial charge in [0.2, 0.25) is 5.91 Å². The van der Waals surface area contributed by atoms with Crippen LogP contribution in [0.2, 0.25) is 0 Å². The van der Waals surface area contributed by atoms with Gasteiger partial charge in [-0.05, 0) is 30.9 Å². The molecule has 1 saturated heterocycles. The fraction of sp³-hybridized carbons (Fsp3) is 0.412. The molecule has 1 aromatic carbocycles. The molecule has 0 radical (unpaired) electrons. The quantitative estimate of drug-likeness (QED) is 0.827. The first-order chi connectivity index (χ1) is 11.5. The third-order valence-corrected chi connectivity index (χ3v) is 5.97. The third-order valence-electron chi connectivity index (χ3n) is 4.52. The highest BCUT2D eigenvalue weighted by Crippen LogP contribution is 2.20. The van der Waals surface area contributed by atoms with Crippen LogP contribution in [0.3, 0.4) is 0 Å². The van der Waals surface area contributed by atoms with E-state index < -0.39 is 9.84 Å². The maximum absolute atomic E-state index is 12.5. The average molecular weight is 347 g/mol. The molecule has 1 aliphatic rings. The molecule has 24 heavy (non-hydrogen) atoms. The number of hydrogen-bond acceptors (Lipinski definition) is 4. The Balaban J connectivity index is 1.58. The summed E-state index contributed by atoms with van der Waals surface area (Å²) in [6.07, 6.45) is 3.11. The van der Waals surface area contributed by atoms with Gasteiger partial charge in [0, 0.05) is 18.5 Å². The summed E-state index contributed by atoms with van der Waals surface area (Å²) in [7, 11) is -3.17. The standard InChI is InChI=1S/C17H21N3O3S/c1-2-24(22,23)12-14-7-9-19(10-8-14)17(21)11-20-13-18-15-5-3-4-6-16(15)20/h2-6,13-14H,1,7-12H2. The van der Waals surface area contributed by atoms with Gasteiger partial charge in [0.1, 0.15) is 6.54 Å². The topological polar surface area (TPSA) is 72.3 Å². The molecule has 2 aromatic rings. The number of nitrogens with zero attached hydrogens (tertiary/aromatic N) is 3. The van der Waals surface area contributed by atoms with E-state index in [1.165, 1.54) is 0 Å². The van der Waals surface area contributed by atoms with Crippen LogP contribution >= 0.6 is 0 Å². The summed E-state index contributed by atoms with van der Waals surface area (Å²) in [6, 6.07) is 7.71. The lowest BCUT2D eigenvalue weighted by atomic mass is 9.99. The Hall–Kier alpha value is -2.15. The second-order valence-electron chi connectivity index (χ2n) is 6.18. The summed E-state index contributed by atoms with van der Waals surface area (Å²) < 4.78 is 25.1. The Bertz CT molecular complexity index is 849. The van der Waals surface area contributed by atoms with Gasteiger partial charge in [-0.3, -0.25) is 4.79 Å². The van der Waals surface area contributed by atoms with Gasteiger partial charge in [0.05, 0.1) is 23.1 Å². The number of amides is 1. The van der Waals surface area contributed by atoms with E-state index in [1.807, 2.05) is 33.7 Å². The van der Waals surface area contributed by atoms with Gasteiger partial charge >= 0.3 is 0 Å². The smallest absolute Gasteiger partial charge is 0.242 e. The second kappa shape index (κ2) is 6.76. The van der Waals surface area contributed by atoms with Crippen molar-refractivity contribution in [2.24, 2.45) is 5.92 Å². The Morgan fingerprint density at radius 1 is 1.29 bits per heavy atom. The Morgan fingerprint density at radius 2 is 2.00 bits per heavy atom. The zero-order valence-corrected chi connectivity index (χ0v) is 14.3. The van der Waals surface area contributed by atoms with Crippen molar-refractivity contribution in [3.63, 3.8) is 0 Å². The van der Waals surface area contributed by atoms with E-state index >= 15 is 0 Å². The number of fused-ring (bicyclic) bond motifs is 1. The van der Waals surface area contributed by atoms with E-state index in [9.17, 15) is 13.2 Å². The third kappa shape index (κ3) is 3.67. The number of aromatic nitrogens is 2. The SMILES string of the molecule is C=CS(=O)(=O)CC1CCN(C(=O)Cn2cnc3ccccc32)CC1. The van der Waals surface area contributed by atoms with Crippen LogP contribution in [0.4, 0.5) is 0 Å². The van der Waals surface area contributed by atoms with E-state index in [4.69, 9.17) is 0 Å². The molecule has 2 heterocycles. The number of rotatable bonds is 5. The maximum Gasteiger partial charge on any atom is 0.242 e. The number of sulfone groups is 1. The highest BCUT2D eigenvalue weighted by Gasteiger charge is 2.25. The molecule has 0 saturated carbocycles. The van der Waals surface area contributed by atoms with E-state index in [2.05, 4.69) is 11.6 Å². The summed E-state index contributed by atoms with van der Waals surface area (Å²) in [5, 5.41) is 1.02. The van der Waals surface area contributed by atoms with E-state index in [0.717, 1.165) is 16.4 Å². The zero-order valence-electron chi connectivity index (χ0n) is 13.5. The van der Waals surface area contributed by atoms with Gasteiger partial charge in [0.15, 0.2) is 9.84 Å². The Labute approximate surface area is 141 Å². The van der Waals surface area contributed by atoms with Crippen molar-refractivity contribution in [1.29, 1.82) is 0 Å². The second-order valence-corrected chi connectivity index (χ2v) is 8.17. The summed E-state index contributed by atoms with van der Waals surface area (Å²) in [6.45, 7) is 4.81. The van der Waals surface area contributed by atoms with Crippen LogP contribution in [0.5, 0.6) is 0 Å². The Kier molecular flexibility index (Phi) is 4.71. The molecule has 1 aliphatic heterocycles. The first-order valence-corrected chi connectivity index (χ1v) is 9.73. The first kappa shape index (κ1) is 16.7. The van der Waals surface area contributed by atoms with Crippen molar-refractivity contribution in [2.45, 2.75) is 19.4 Å². The van der Waals surface area contributed by atoms with Crippen LogP contribution in [0.25, 0.3) is 11.0 Å². The van der Waals surface area contributed by atoms with Gasteiger partial charge in [-0.2, -0.15) is 0 Å². The molecule has 128 valence electrons. The number of imidazole rings is 1. The normalized spacial score (nSPS) is 16.4. The van der Waals surface area contributed by atoms with Gasteiger partial charge < -0.3 is 9.47 Å².